The van der Waals surface area contributed by atoms with Gasteiger partial charge in [0, 0.05) is 12.8 Å². The van der Waals surface area contributed by atoms with Gasteiger partial charge in [0.1, 0.15) is 0 Å². The van der Waals surface area contributed by atoms with Crippen molar-refractivity contribution in [1.29, 1.82) is 5.26 Å². The first-order chi connectivity index (χ1) is 8.40. The first-order valence-electron chi connectivity index (χ1n) is 6.15. The van der Waals surface area contributed by atoms with Gasteiger partial charge >= 0.3 is 0 Å². The molecule has 3 nitrogen and oxygen atoms in total. The second kappa shape index (κ2) is 6.15. The van der Waals surface area contributed by atoms with E-state index in [1.54, 1.807) is 0 Å². The van der Waals surface area contributed by atoms with Crippen LogP contribution in [0.2, 0.25) is 0 Å². The fraction of sp³-hybridized carbons (Fsp3) is 0.500. The molecule has 0 N–H and O–H groups in total. The van der Waals surface area contributed by atoms with E-state index >= 15 is 0 Å². The van der Waals surface area contributed by atoms with Crippen LogP contribution in [0.25, 0.3) is 0 Å². The third-order valence-electron chi connectivity index (χ3n) is 2.82. The summed E-state index contributed by atoms with van der Waals surface area (Å²) < 4.78 is 11.2. The van der Waals surface area contributed by atoms with E-state index in [9.17, 15) is 0 Å². The molecule has 0 aromatic heterocycles. The van der Waals surface area contributed by atoms with Crippen LogP contribution < -0.4 is 9.47 Å². The Bertz CT molecular complexity index is 409. The molecule has 0 fully saturated rings. The largest absolute Gasteiger partial charge is 0.490 e. The molecule has 0 spiro atoms. The molecule has 17 heavy (non-hydrogen) atoms. The monoisotopic (exact) mass is 231 g/mol. The van der Waals surface area contributed by atoms with Gasteiger partial charge in [0.2, 0.25) is 0 Å². The predicted octanol–water partition coefficient (Wildman–Crippen LogP) is 3.08. The minimum Gasteiger partial charge on any atom is -0.490 e. The number of rotatable bonds is 4. The van der Waals surface area contributed by atoms with Gasteiger partial charge in [-0.2, -0.15) is 5.26 Å². The van der Waals surface area contributed by atoms with Crippen LogP contribution in [0, 0.1) is 11.3 Å². The highest BCUT2D eigenvalue weighted by Gasteiger charge is 2.10. The Morgan fingerprint density at radius 2 is 1.94 bits per heavy atom. The highest BCUT2D eigenvalue weighted by molar-refractivity contribution is 5.43. The van der Waals surface area contributed by atoms with Crippen molar-refractivity contribution in [3.63, 3.8) is 0 Å². The van der Waals surface area contributed by atoms with Crippen molar-refractivity contribution in [1.82, 2.24) is 0 Å². The van der Waals surface area contributed by atoms with Crippen LogP contribution in [0.15, 0.2) is 18.2 Å². The predicted molar refractivity (Wildman–Crippen MR) is 65.2 cm³/mol. The number of hydrogen-bond acceptors (Lipinski definition) is 3. The molecule has 0 atom stereocenters. The average Bonchev–Trinajstić information content (AvgIpc) is 2.59. The number of hydrogen-bond donors (Lipinski definition) is 0. The number of nitrogens with zero attached hydrogens (tertiary/aromatic N) is 1. The number of fused-ring (bicyclic) bond motifs is 1. The maximum atomic E-state index is 8.47. The van der Waals surface area contributed by atoms with Crippen molar-refractivity contribution >= 4 is 0 Å². The minimum absolute atomic E-state index is 0.643. The average molecular weight is 231 g/mol. The van der Waals surface area contributed by atoms with Crippen LogP contribution in [-0.4, -0.2) is 13.2 Å². The van der Waals surface area contributed by atoms with Crippen LogP contribution in [0.3, 0.4) is 0 Å². The molecule has 0 radical (unpaired) electrons. The van der Waals surface area contributed by atoms with Crippen molar-refractivity contribution in [2.45, 2.75) is 32.1 Å². The Morgan fingerprint density at radius 3 is 2.76 bits per heavy atom. The van der Waals surface area contributed by atoms with Crippen molar-refractivity contribution in [2.24, 2.45) is 0 Å². The normalized spacial score (nSPS) is 13.8. The van der Waals surface area contributed by atoms with Crippen molar-refractivity contribution in [2.75, 3.05) is 13.2 Å². The second-order valence-electron chi connectivity index (χ2n) is 4.20. The van der Waals surface area contributed by atoms with Crippen molar-refractivity contribution < 1.29 is 9.47 Å². The third kappa shape index (κ3) is 3.39. The molecule has 90 valence electrons. The summed E-state index contributed by atoms with van der Waals surface area (Å²) in [6, 6.07) is 8.30. The lowest BCUT2D eigenvalue weighted by molar-refractivity contribution is 0.297. The minimum atomic E-state index is 0.643. The van der Waals surface area contributed by atoms with Gasteiger partial charge in [-0.1, -0.05) is 6.07 Å². The Balaban J connectivity index is 1.95. The first-order valence-corrected chi connectivity index (χ1v) is 6.15. The van der Waals surface area contributed by atoms with Gasteiger partial charge < -0.3 is 9.47 Å². The molecular weight excluding hydrogens is 214 g/mol. The van der Waals surface area contributed by atoms with Crippen LogP contribution in [0.1, 0.15) is 31.2 Å². The Morgan fingerprint density at radius 1 is 1.12 bits per heavy atom. The zero-order valence-corrected chi connectivity index (χ0v) is 9.95. The highest BCUT2D eigenvalue weighted by Crippen LogP contribution is 2.30. The fourth-order valence-electron chi connectivity index (χ4n) is 1.90. The molecular formula is C14H17NO2. The van der Waals surface area contributed by atoms with Crippen molar-refractivity contribution in [3.8, 4) is 17.6 Å². The Kier molecular flexibility index (Phi) is 4.26. The SMILES string of the molecule is N#CCCCCc1ccc2c(c1)OCCCO2. The number of nitriles is 1. The van der Waals surface area contributed by atoms with Crippen LogP contribution in [0.4, 0.5) is 0 Å². The topological polar surface area (TPSA) is 42.2 Å². The molecule has 1 heterocycles. The molecule has 0 saturated carbocycles. The summed E-state index contributed by atoms with van der Waals surface area (Å²) in [5.41, 5.74) is 1.26. The van der Waals surface area contributed by atoms with Gasteiger partial charge in [0.05, 0.1) is 19.3 Å². The lowest BCUT2D eigenvalue weighted by Gasteiger charge is -2.09. The zero-order valence-electron chi connectivity index (χ0n) is 9.95. The van der Waals surface area contributed by atoms with E-state index in [1.165, 1.54) is 5.56 Å². The maximum absolute atomic E-state index is 8.47. The highest BCUT2D eigenvalue weighted by atomic mass is 16.5. The molecule has 1 aliphatic heterocycles. The summed E-state index contributed by atoms with van der Waals surface area (Å²) in [7, 11) is 0. The van der Waals surface area contributed by atoms with E-state index in [2.05, 4.69) is 18.2 Å². The van der Waals surface area contributed by atoms with Gasteiger partial charge in [0.15, 0.2) is 11.5 Å². The summed E-state index contributed by atoms with van der Waals surface area (Å²) in [6.45, 7) is 1.46. The van der Waals surface area contributed by atoms with Crippen molar-refractivity contribution in [3.05, 3.63) is 23.8 Å². The molecule has 0 bridgehead atoms. The molecule has 0 amide bonds. The molecule has 1 aromatic carbocycles. The van der Waals surface area contributed by atoms with E-state index in [0.717, 1.165) is 50.4 Å². The molecule has 0 unspecified atom stereocenters. The van der Waals surface area contributed by atoms with Gasteiger partial charge in [0.25, 0.3) is 0 Å². The number of unbranched alkanes of at least 4 members (excludes halogenated alkanes) is 2. The van der Waals surface area contributed by atoms with Gasteiger partial charge in [-0.3, -0.25) is 0 Å². The zero-order chi connectivity index (χ0) is 11.9. The molecule has 0 saturated heterocycles. The van der Waals surface area contributed by atoms with Gasteiger partial charge in [-0.05, 0) is 37.0 Å². The van der Waals surface area contributed by atoms with Gasteiger partial charge in [-0.25, -0.2) is 0 Å². The Labute approximate surface area is 102 Å². The Hall–Kier alpha value is -1.69. The van der Waals surface area contributed by atoms with Crippen LogP contribution >= 0.6 is 0 Å². The van der Waals surface area contributed by atoms with Crippen LogP contribution in [-0.2, 0) is 6.42 Å². The van der Waals surface area contributed by atoms with Crippen LogP contribution in [0.5, 0.6) is 11.5 Å². The fourth-order valence-corrected chi connectivity index (χ4v) is 1.90. The first kappa shape index (κ1) is 11.8. The number of aryl methyl sites for hydroxylation is 1. The van der Waals surface area contributed by atoms with E-state index in [0.29, 0.717) is 6.42 Å². The van der Waals surface area contributed by atoms with E-state index in [1.807, 2.05) is 6.07 Å². The van der Waals surface area contributed by atoms with Gasteiger partial charge in [-0.15, -0.1) is 0 Å². The molecule has 3 heteroatoms. The molecule has 1 aliphatic rings. The van der Waals surface area contributed by atoms with E-state index in [-0.39, 0.29) is 0 Å². The molecule has 0 aliphatic carbocycles. The quantitative estimate of drug-likeness (QED) is 0.748. The third-order valence-corrected chi connectivity index (χ3v) is 2.82. The van der Waals surface area contributed by atoms with E-state index < -0.39 is 0 Å². The number of ether oxygens (including phenoxy) is 2. The number of benzene rings is 1. The summed E-state index contributed by atoms with van der Waals surface area (Å²) in [6.07, 6.45) is 4.59. The maximum Gasteiger partial charge on any atom is 0.161 e. The summed E-state index contributed by atoms with van der Waals surface area (Å²) in [5, 5.41) is 8.47. The lowest BCUT2D eigenvalue weighted by Crippen LogP contribution is -1.97. The van der Waals surface area contributed by atoms with E-state index in [4.69, 9.17) is 14.7 Å². The summed E-state index contributed by atoms with van der Waals surface area (Å²) in [4.78, 5) is 0. The standard InChI is InChI=1S/C14H17NO2/c15-8-3-1-2-5-12-6-7-13-14(11-12)17-10-4-9-16-13/h6-7,11H,1-5,9-10H2. The summed E-state index contributed by atoms with van der Waals surface area (Å²) in [5.74, 6) is 1.71. The smallest absolute Gasteiger partial charge is 0.161 e. The molecule has 1 aromatic rings. The lowest BCUT2D eigenvalue weighted by atomic mass is 10.1. The molecule has 2 rings (SSSR count). The second-order valence-corrected chi connectivity index (χ2v) is 4.20. The summed E-state index contributed by atoms with van der Waals surface area (Å²) >= 11 is 0.